The highest BCUT2D eigenvalue weighted by atomic mass is 19.2. The molecule has 0 saturated carbocycles. The molecular weight excluding hydrogens is 534 g/mol. The van der Waals surface area contributed by atoms with E-state index in [4.69, 9.17) is 10.5 Å². The van der Waals surface area contributed by atoms with Crippen LogP contribution in [0.5, 0.6) is 5.75 Å². The molecule has 11 nitrogen and oxygen atoms in total. The molecule has 0 spiro atoms. The smallest absolute Gasteiger partial charge is 0.317 e. The van der Waals surface area contributed by atoms with Gasteiger partial charge < -0.3 is 30.9 Å². The van der Waals surface area contributed by atoms with E-state index in [1.807, 2.05) is 13.0 Å². The largest absolute Gasteiger partial charge is 0.494 e. The molecule has 0 radical (unpaired) electrons. The summed E-state index contributed by atoms with van der Waals surface area (Å²) in [6.45, 7) is 4.36. The van der Waals surface area contributed by atoms with Crippen molar-refractivity contribution in [3.05, 3.63) is 71.7 Å². The van der Waals surface area contributed by atoms with Crippen LogP contribution >= 0.6 is 0 Å². The van der Waals surface area contributed by atoms with Crippen LogP contribution in [0.25, 0.3) is 16.9 Å². The average Bonchev–Trinajstić information content (AvgIpc) is 3.42. The average molecular weight is 565 g/mol. The number of carbonyl (C=O) groups is 2. The van der Waals surface area contributed by atoms with Crippen LogP contribution < -0.4 is 21.1 Å². The summed E-state index contributed by atoms with van der Waals surface area (Å²) in [5.74, 6) is -2.01. The number of urea groups is 1. The van der Waals surface area contributed by atoms with Crippen molar-refractivity contribution in [2.24, 2.45) is 5.73 Å². The van der Waals surface area contributed by atoms with Crippen molar-refractivity contribution >= 4 is 29.1 Å². The fourth-order valence-corrected chi connectivity index (χ4v) is 4.79. The second-order valence-corrected chi connectivity index (χ2v) is 9.51. The van der Waals surface area contributed by atoms with Crippen molar-refractivity contribution in [2.45, 2.75) is 6.92 Å². The Morgan fingerprint density at radius 1 is 1.05 bits per heavy atom. The van der Waals surface area contributed by atoms with Gasteiger partial charge in [-0.1, -0.05) is 0 Å². The van der Waals surface area contributed by atoms with Crippen LogP contribution in [0.15, 0.2) is 48.9 Å². The molecule has 214 valence electrons. The molecule has 0 aliphatic carbocycles. The Balaban J connectivity index is 1.31. The Morgan fingerprint density at radius 2 is 1.80 bits per heavy atom. The molecule has 41 heavy (non-hydrogen) atoms. The second-order valence-electron chi connectivity index (χ2n) is 9.51. The minimum Gasteiger partial charge on any atom is -0.494 e. The lowest BCUT2D eigenvalue weighted by molar-refractivity contribution is 0.0664. The number of hydrogen-bond donors (Lipinski definition) is 3. The highest BCUT2D eigenvalue weighted by Crippen LogP contribution is 2.31. The first-order valence-corrected chi connectivity index (χ1v) is 13.1. The Labute approximate surface area is 234 Å². The quantitative estimate of drug-likeness (QED) is 0.314. The summed E-state index contributed by atoms with van der Waals surface area (Å²) in [5, 5.41) is 5.96. The number of aryl methyl sites for hydroxylation is 1. The molecule has 2 aromatic heterocycles. The van der Waals surface area contributed by atoms with Crippen molar-refractivity contribution in [1.29, 1.82) is 0 Å². The minimum absolute atomic E-state index is 0.0312. The number of nitrogens with two attached hydrogens (primary N) is 1. The predicted molar refractivity (Wildman–Crippen MR) is 149 cm³/mol. The molecule has 1 saturated heterocycles. The van der Waals surface area contributed by atoms with Crippen molar-refractivity contribution in [3.63, 3.8) is 0 Å². The number of benzene rings is 2. The molecule has 1 aliphatic heterocycles. The number of hydrogen-bond acceptors (Lipinski definition) is 7. The van der Waals surface area contributed by atoms with Crippen LogP contribution in [0, 0.1) is 18.6 Å². The van der Waals surface area contributed by atoms with Gasteiger partial charge in [-0.2, -0.15) is 4.39 Å². The molecule has 1 aliphatic rings. The van der Waals surface area contributed by atoms with Gasteiger partial charge in [0.05, 0.1) is 19.0 Å². The van der Waals surface area contributed by atoms with Gasteiger partial charge in [0.15, 0.2) is 23.0 Å². The number of rotatable bonds is 7. The van der Waals surface area contributed by atoms with E-state index in [1.165, 1.54) is 31.6 Å². The molecule has 3 amide bonds. The van der Waals surface area contributed by atoms with Crippen molar-refractivity contribution in [1.82, 2.24) is 29.5 Å². The van der Waals surface area contributed by atoms with E-state index in [0.29, 0.717) is 67.7 Å². The van der Waals surface area contributed by atoms with Crippen LogP contribution in [-0.2, 0) is 0 Å². The Hall–Kier alpha value is -4.78. The summed E-state index contributed by atoms with van der Waals surface area (Å²) in [4.78, 5) is 37.5. The number of anilines is 2. The molecule has 0 unspecified atom stereocenters. The van der Waals surface area contributed by atoms with Crippen molar-refractivity contribution in [3.8, 4) is 17.0 Å². The number of fused-ring (bicyclic) bond motifs is 1. The molecule has 5 rings (SSSR count). The summed E-state index contributed by atoms with van der Waals surface area (Å²) in [5.41, 5.74) is 8.21. The van der Waals surface area contributed by atoms with Gasteiger partial charge in [0.1, 0.15) is 0 Å². The lowest BCUT2D eigenvalue weighted by Gasteiger charge is -2.35. The molecule has 0 atom stereocenters. The summed E-state index contributed by atoms with van der Waals surface area (Å²) in [6.07, 6.45) is 4.58. The number of methoxy groups -OCH3 is 1. The fraction of sp³-hybridized carbons (Fsp3) is 0.286. The van der Waals surface area contributed by atoms with Crippen molar-refractivity contribution in [2.75, 3.05) is 51.7 Å². The van der Waals surface area contributed by atoms with E-state index >= 15 is 0 Å². The molecular formula is C28H30F2N8O3. The Kier molecular flexibility index (Phi) is 7.97. The maximum Gasteiger partial charge on any atom is 0.317 e. The standard InChI is InChI=1S/C28H30F2N8O3/c1-17-15-18(3-4-19(17)27(39)36-11-13-37(14-12-36)28(40)33-8-7-31)35-25-26-34-16-21(38(26)10-9-32-25)20-5-6-22(41-2)24(30)23(20)29/h3-6,9-10,15-16H,7-8,11-14,31H2,1-2H3,(H,32,35)(H,33,40). The number of imidazole rings is 1. The van der Waals surface area contributed by atoms with Gasteiger partial charge in [0.2, 0.25) is 5.82 Å². The fourth-order valence-electron chi connectivity index (χ4n) is 4.79. The first-order chi connectivity index (χ1) is 19.8. The van der Waals surface area contributed by atoms with E-state index in [9.17, 15) is 18.4 Å². The van der Waals surface area contributed by atoms with Gasteiger partial charge in [-0.3, -0.25) is 9.20 Å². The van der Waals surface area contributed by atoms with E-state index in [2.05, 4.69) is 20.6 Å². The van der Waals surface area contributed by atoms with Crippen molar-refractivity contribution < 1.29 is 23.1 Å². The highest BCUT2D eigenvalue weighted by molar-refractivity contribution is 5.96. The van der Waals surface area contributed by atoms with E-state index in [-0.39, 0.29) is 23.3 Å². The van der Waals surface area contributed by atoms with Gasteiger partial charge in [-0.25, -0.2) is 19.2 Å². The normalized spacial score (nSPS) is 13.4. The third-order valence-electron chi connectivity index (χ3n) is 6.96. The first kappa shape index (κ1) is 27.8. The third kappa shape index (κ3) is 5.48. The molecule has 2 aromatic carbocycles. The number of piperazine rings is 1. The molecule has 1 fully saturated rings. The van der Waals surface area contributed by atoms with E-state index in [1.54, 1.807) is 32.5 Å². The Bertz CT molecular complexity index is 1600. The number of halogens is 2. The zero-order valence-electron chi connectivity index (χ0n) is 22.7. The van der Waals surface area contributed by atoms with Gasteiger partial charge in [0.25, 0.3) is 5.91 Å². The molecule has 3 heterocycles. The van der Waals surface area contributed by atoms with Crippen LogP contribution in [0.1, 0.15) is 15.9 Å². The lowest BCUT2D eigenvalue weighted by atomic mass is 10.1. The van der Waals surface area contributed by atoms with Crippen LogP contribution in [0.4, 0.5) is 25.1 Å². The zero-order chi connectivity index (χ0) is 29.1. The van der Waals surface area contributed by atoms with Crippen LogP contribution in [-0.4, -0.2) is 82.5 Å². The maximum atomic E-state index is 14.8. The molecule has 0 bridgehead atoms. The van der Waals surface area contributed by atoms with Gasteiger partial charge in [-0.05, 0) is 42.8 Å². The van der Waals surface area contributed by atoms with Crippen LogP contribution in [0.2, 0.25) is 0 Å². The highest BCUT2D eigenvalue weighted by Gasteiger charge is 2.26. The van der Waals surface area contributed by atoms with E-state index < -0.39 is 11.6 Å². The SMILES string of the molecule is COc1ccc(-c2cnc3c(Nc4ccc(C(=O)N5CCN(C(=O)NCCN)CC5)c(C)c4)nccn23)c(F)c1F. The summed E-state index contributed by atoms with van der Waals surface area (Å²) in [6, 6.07) is 7.96. The molecule has 4 aromatic rings. The van der Waals surface area contributed by atoms with E-state index in [0.717, 1.165) is 5.56 Å². The minimum atomic E-state index is -1.08. The van der Waals surface area contributed by atoms with Gasteiger partial charge >= 0.3 is 6.03 Å². The number of ether oxygens (including phenoxy) is 1. The second kappa shape index (κ2) is 11.8. The topological polar surface area (TPSA) is 130 Å². The third-order valence-corrected chi connectivity index (χ3v) is 6.96. The number of aromatic nitrogens is 3. The summed E-state index contributed by atoms with van der Waals surface area (Å²) in [7, 11) is 1.27. The van der Waals surface area contributed by atoms with Gasteiger partial charge in [0, 0.05) is 68.5 Å². The maximum absolute atomic E-state index is 14.8. The zero-order valence-corrected chi connectivity index (χ0v) is 22.7. The lowest BCUT2D eigenvalue weighted by Crippen LogP contribution is -2.53. The molecule has 13 heteroatoms. The number of carbonyl (C=O) groups excluding carboxylic acids is 2. The number of nitrogens with zero attached hydrogens (tertiary/aromatic N) is 5. The summed E-state index contributed by atoms with van der Waals surface area (Å²) < 4.78 is 35.6. The molecule has 4 N–H and O–H groups in total. The number of amides is 3. The number of nitrogens with one attached hydrogen (secondary N) is 2. The Morgan fingerprint density at radius 3 is 2.51 bits per heavy atom. The predicted octanol–water partition coefficient (Wildman–Crippen LogP) is 3.16. The monoisotopic (exact) mass is 564 g/mol. The first-order valence-electron chi connectivity index (χ1n) is 13.1. The van der Waals surface area contributed by atoms with Gasteiger partial charge in [-0.15, -0.1) is 0 Å². The summed E-state index contributed by atoms with van der Waals surface area (Å²) >= 11 is 0. The van der Waals surface area contributed by atoms with Crippen LogP contribution in [0.3, 0.4) is 0 Å².